The fourth-order valence-corrected chi connectivity index (χ4v) is 4.12. The summed E-state index contributed by atoms with van der Waals surface area (Å²) in [6.45, 7) is 4.93. The van der Waals surface area contributed by atoms with Crippen molar-refractivity contribution < 1.29 is 22.7 Å². The molecular formula is C15H20Cl2N2O5S. The summed E-state index contributed by atoms with van der Waals surface area (Å²) in [6, 6.07) is 1.84. The summed E-state index contributed by atoms with van der Waals surface area (Å²) >= 11 is 11.9. The lowest BCUT2D eigenvalue weighted by molar-refractivity contribution is -0.125. The van der Waals surface area contributed by atoms with E-state index in [1.165, 1.54) is 6.92 Å². The molecule has 0 saturated heterocycles. The molecule has 1 rings (SSSR count). The standard InChI is InChI=1S/C15H20Cl2N2O5S/c1-4-5-8(2)19-25(22,23)13-6-10(11(16)7-12(13)17)15(21)24-9(3)14(18)20/h6-9,19H,4-5H2,1-3H3,(H2,18,20)/t8-,9-/m1/s1. The van der Waals surface area contributed by atoms with Gasteiger partial charge in [-0.2, -0.15) is 0 Å². The molecule has 0 heterocycles. The van der Waals surface area contributed by atoms with Gasteiger partial charge in [0.25, 0.3) is 5.91 Å². The first-order valence-corrected chi connectivity index (χ1v) is 9.75. The first-order chi connectivity index (χ1) is 11.5. The van der Waals surface area contributed by atoms with Crippen molar-refractivity contribution in [3.05, 3.63) is 27.7 Å². The Morgan fingerprint density at radius 3 is 2.36 bits per heavy atom. The van der Waals surface area contributed by atoms with E-state index < -0.39 is 28.0 Å². The van der Waals surface area contributed by atoms with Crippen LogP contribution in [0.4, 0.5) is 0 Å². The highest BCUT2D eigenvalue weighted by atomic mass is 35.5. The molecule has 0 aliphatic carbocycles. The molecule has 10 heteroatoms. The van der Waals surface area contributed by atoms with Gasteiger partial charge in [0.2, 0.25) is 10.0 Å². The van der Waals surface area contributed by atoms with E-state index in [0.717, 1.165) is 18.6 Å². The number of carbonyl (C=O) groups is 2. The summed E-state index contributed by atoms with van der Waals surface area (Å²) in [7, 11) is -3.97. The molecule has 0 fully saturated rings. The van der Waals surface area contributed by atoms with Gasteiger partial charge in [0, 0.05) is 6.04 Å². The second kappa shape index (κ2) is 8.84. The Kier molecular flexibility index (Phi) is 7.67. The second-order valence-electron chi connectivity index (χ2n) is 5.52. The molecule has 25 heavy (non-hydrogen) atoms. The Hall–Kier alpha value is -1.35. The van der Waals surface area contributed by atoms with Gasteiger partial charge in [-0.05, 0) is 32.4 Å². The van der Waals surface area contributed by atoms with Crippen LogP contribution in [0.3, 0.4) is 0 Å². The average molecular weight is 411 g/mol. The number of primary amides is 1. The molecule has 0 spiro atoms. The Labute approximate surface area is 156 Å². The first-order valence-electron chi connectivity index (χ1n) is 7.51. The SMILES string of the molecule is CCC[C@@H](C)NS(=O)(=O)c1cc(C(=O)O[C@H](C)C(N)=O)c(Cl)cc1Cl. The molecule has 0 aliphatic heterocycles. The quantitative estimate of drug-likeness (QED) is 0.638. The molecule has 7 nitrogen and oxygen atoms in total. The zero-order valence-electron chi connectivity index (χ0n) is 14.0. The zero-order chi connectivity index (χ0) is 19.4. The number of sulfonamides is 1. The van der Waals surface area contributed by atoms with Gasteiger partial charge in [-0.15, -0.1) is 0 Å². The summed E-state index contributed by atoms with van der Waals surface area (Å²) in [4.78, 5) is 22.8. The number of nitrogens with two attached hydrogens (primary N) is 1. The van der Waals surface area contributed by atoms with E-state index in [4.69, 9.17) is 33.7 Å². The summed E-state index contributed by atoms with van der Waals surface area (Å²) in [5, 5.41) is -0.243. The van der Waals surface area contributed by atoms with Crippen molar-refractivity contribution in [2.75, 3.05) is 0 Å². The third-order valence-corrected chi connectivity index (χ3v) is 5.66. The summed E-state index contributed by atoms with van der Waals surface area (Å²) in [5.41, 5.74) is 4.80. The number of hydrogen-bond acceptors (Lipinski definition) is 5. The molecule has 1 aromatic rings. The Morgan fingerprint density at radius 1 is 1.24 bits per heavy atom. The number of nitrogens with one attached hydrogen (secondary N) is 1. The van der Waals surface area contributed by atoms with E-state index in [-0.39, 0.29) is 26.5 Å². The summed E-state index contributed by atoms with van der Waals surface area (Å²) < 4.78 is 32.3. The highest BCUT2D eigenvalue weighted by Crippen LogP contribution is 2.29. The molecule has 1 amide bonds. The summed E-state index contributed by atoms with van der Waals surface area (Å²) in [5.74, 6) is -1.83. The third-order valence-electron chi connectivity index (χ3n) is 3.29. The van der Waals surface area contributed by atoms with Crippen molar-refractivity contribution in [2.24, 2.45) is 5.73 Å². The van der Waals surface area contributed by atoms with Crippen LogP contribution in [-0.2, 0) is 19.6 Å². The van der Waals surface area contributed by atoms with Crippen LogP contribution in [0.25, 0.3) is 0 Å². The van der Waals surface area contributed by atoms with E-state index in [0.29, 0.717) is 6.42 Å². The van der Waals surface area contributed by atoms with Gasteiger partial charge in [-0.3, -0.25) is 4.79 Å². The highest BCUT2D eigenvalue weighted by Gasteiger charge is 2.26. The monoisotopic (exact) mass is 410 g/mol. The number of esters is 1. The van der Waals surface area contributed by atoms with Gasteiger partial charge in [0.1, 0.15) is 4.90 Å². The van der Waals surface area contributed by atoms with Crippen LogP contribution >= 0.6 is 23.2 Å². The fourth-order valence-electron chi connectivity index (χ4n) is 1.99. The Morgan fingerprint density at radius 2 is 1.84 bits per heavy atom. The molecule has 0 unspecified atom stereocenters. The molecule has 0 aliphatic rings. The number of rotatable bonds is 8. The van der Waals surface area contributed by atoms with Crippen LogP contribution in [0.5, 0.6) is 0 Å². The molecule has 3 N–H and O–H groups in total. The lowest BCUT2D eigenvalue weighted by Crippen LogP contribution is -2.33. The molecule has 140 valence electrons. The number of ether oxygens (including phenoxy) is 1. The molecule has 0 radical (unpaired) electrons. The summed E-state index contributed by atoms with van der Waals surface area (Å²) in [6.07, 6.45) is 0.234. The highest BCUT2D eigenvalue weighted by molar-refractivity contribution is 7.89. The molecule has 1 aromatic carbocycles. The predicted molar refractivity (Wildman–Crippen MR) is 95.2 cm³/mol. The van der Waals surface area contributed by atoms with E-state index in [1.54, 1.807) is 6.92 Å². The van der Waals surface area contributed by atoms with Crippen molar-refractivity contribution in [3.63, 3.8) is 0 Å². The van der Waals surface area contributed by atoms with Crippen molar-refractivity contribution in [3.8, 4) is 0 Å². The number of carbonyl (C=O) groups excluding carboxylic acids is 2. The maximum Gasteiger partial charge on any atom is 0.340 e. The van der Waals surface area contributed by atoms with E-state index in [2.05, 4.69) is 4.72 Å². The number of amides is 1. The van der Waals surface area contributed by atoms with Crippen molar-refractivity contribution in [1.29, 1.82) is 0 Å². The van der Waals surface area contributed by atoms with Gasteiger partial charge >= 0.3 is 5.97 Å². The Balaban J connectivity index is 3.23. The normalized spacial score (nSPS) is 14.0. The van der Waals surface area contributed by atoms with E-state index in [9.17, 15) is 18.0 Å². The Bertz CT molecular complexity index is 767. The molecule has 2 atom stereocenters. The second-order valence-corrected chi connectivity index (χ2v) is 8.02. The molecular weight excluding hydrogens is 391 g/mol. The smallest absolute Gasteiger partial charge is 0.340 e. The minimum atomic E-state index is -3.97. The zero-order valence-corrected chi connectivity index (χ0v) is 16.3. The van der Waals surface area contributed by atoms with Crippen molar-refractivity contribution >= 4 is 45.1 Å². The fraction of sp³-hybridized carbons (Fsp3) is 0.467. The van der Waals surface area contributed by atoms with Crippen LogP contribution in [0.2, 0.25) is 10.0 Å². The van der Waals surface area contributed by atoms with Gasteiger partial charge in [0.05, 0.1) is 15.6 Å². The van der Waals surface area contributed by atoms with Gasteiger partial charge < -0.3 is 10.5 Å². The van der Waals surface area contributed by atoms with Crippen molar-refractivity contribution in [2.45, 2.75) is 50.7 Å². The maximum absolute atomic E-state index is 12.5. The number of benzene rings is 1. The van der Waals surface area contributed by atoms with Crippen LogP contribution in [-0.4, -0.2) is 32.4 Å². The van der Waals surface area contributed by atoms with Crippen LogP contribution in [0, 0.1) is 0 Å². The third kappa shape index (κ3) is 5.85. The van der Waals surface area contributed by atoms with E-state index >= 15 is 0 Å². The minimum Gasteiger partial charge on any atom is -0.449 e. The molecule has 0 saturated carbocycles. The van der Waals surface area contributed by atoms with Gasteiger partial charge in [-0.1, -0.05) is 36.5 Å². The number of hydrogen-bond donors (Lipinski definition) is 2. The van der Waals surface area contributed by atoms with Crippen LogP contribution in [0.15, 0.2) is 17.0 Å². The van der Waals surface area contributed by atoms with Crippen LogP contribution in [0.1, 0.15) is 44.0 Å². The average Bonchev–Trinajstić information content (AvgIpc) is 2.45. The van der Waals surface area contributed by atoms with Crippen molar-refractivity contribution in [1.82, 2.24) is 4.72 Å². The largest absolute Gasteiger partial charge is 0.449 e. The van der Waals surface area contributed by atoms with Gasteiger partial charge in [0.15, 0.2) is 6.10 Å². The lowest BCUT2D eigenvalue weighted by Gasteiger charge is -2.16. The molecule has 0 bridgehead atoms. The predicted octanol–water partition coefficient (Wildman–Crippen LogP) is 2.49. The van der Waals surface area contributed by atoms with E-state index in [1.807, 2.05) is 6.92 Å². The minimum absolute atomic E-state index is 0.104. The topological polar surface area (TPSA) is 116 Å². The maximum atomic E-state index is 12.5. The first kappa shape index (κ1) is 21.7. The number of halogens is 2. The van der Waals surface area contributed by atoms with Crippen LogP contribution < -0.4 is 10.5 Å². The molecule has 0 aromatic heterocycles. The lowest BCUT2D eigenvalue weighted by atomic mass is 10.2. The van der Waals surface area contributed by atoms with Gasteiger partial charge in [-0.25, -0.2) is 17.9 Å².